The first-order chi connectivity index (χ1) is 15.3. The molecule has 0 radical (unpaired) electrons. The van der Waals surface area contributed by atoms with Crippen molar-refractivity contribution in [3.05, 3.63) is 35.4 Å². The standard InChI is InChI=1S/C24H35NO8/c1-14-7-9-15(10-8-14)21(28)30-13-18(27)17(26)11-16-20-19(31-24(5,6)32-20)12-25(16)22(29)33-23(2,3)4/h7-10,16-20,26-27H,11-13H2,1-6H3/t16-,17+,18+,19-,20+/m0/s1. The van der Waals surface area contributed by atoms with Crippen LogP contribution in [0.5, 0.6) is 0 Å². The zero-order chi connectivity index (χ0) is 24.6. The summed E-state index contributed by atoms with van der Waals surface area (Å²) >= 11 is 0. The molecule has 9 nitrogen and oxygen atoms in total. The molecule has 33 heavy (non-hydrogen) atoms. The van der Waals surface area contributed by atoms with E-state index < -0.39 is 47.8 Å². The second-order valence-electron chi connectivity index (χ2n) is 10.2. The zero-order valence-electron chi connectivity index (χ0n) is 20.1. The van der Waals surface area contributed by atoms with Gasteiger partial charge in [-0.25, -0.2) is 9.59 Å². The molecule has 1 amide bonds. The number of fused-ring (bicyclic) bond motifs is 1. The van der Waals surface area contributed by atoms with Crippen LogP contribution in [-0.4, -0.2) is 82.2 Å². The van der Waals surface area contributed by atoms with E-state index in [-0.39, 0.29) is 25.7 Å². The lowest BCUT2D eigenvalue weighted by Crippen LogP contribution is -2.47. The van der Waals surface area contributed by atoms with Gasteiger partial charge in [-0.1, -0.05) is 17.7 Å². The van der Waals surface area contributed by atoms with Crippen LogP contribution < -0.4 is 0 Å². The van der Waals surface area contributed by atoms with Gasteiger partial charge in [0.05, 0.1) is 24.3 Å². The van der Waals surface area contributed by atoms with E-state index in [1.54, 1.807) is 58.9 Å². The summed E-state index contributed by atoms with van der Waals surface area (Å²) in [6.07, 6.45) is -4.00. The number of hydrogen-bond donors (Lipinski definition) is 2. The third kappa shape index (κ3) is 6.44. The van der Waals surface area contributed by atoms with Crippen LogP contribution in [0.2, 0.25) is 0 Å². The van der Waals surface area contributed by atoms with Crippen molar-refractivity contribution in [1.82, 2.24) is 4.90 Å². The fourth-order valence-corrected chi connectivity index (χ4v) is 4.08. The lowest BCUT2D eigenvalue weighted by Gasteiger charge is -2.33. The summed E-state index contributed by atoms with van der Waals surface area (Å²) in [5.74, 6) is -1.41. The number of ether oxygens (including phenoxy) is 4. The summed E-state index contributed by atoms with van der Waals surface area (Å²) in [6, 6.07) is 6.27. The molecule has 2 saturated heterocycles. The fraction of sp³-hybridized carbons (Fsp3) is 0.667. The average Bonchev–Trinajstić information content (AvgIpc) is 3.17. The SMILES string of the molecule is Cc1ccc(C(=O)OC[C@@H](O)[C@H](O)C[C@H]2[C@H]3OC(C)(C)O[C@H]3CN2C(=O)OC(C)(C)C)cc1. The van der Waals surface area contributed by atoms with Crippen LogP contribution >= 0.6 is 0 Å². The third-order valence-electron chi connectivity index (χ3n) is 5.61. The Morgan fingerprint density at radius 1 is 1.15 bits per heavy atom. The molecule has 1 aromatic carbocycles. The maximum Gasteiger partial charge on any atom is 0.410 e. The molecule has 0 spiro atoms. The molecule has 3 rings (SSSR count). The lowest BCUT2D eigenvalue weighted by molar-refractivity contribution is -0.163. The molecule has 0 aliphatic carbocycles. The summed E-state index contributed by atoms with van der Waals surface area (Å²) in [5, 5.41) is 21.1. The molecule has 2 N–H and O–H groups in total. The Labute approximate surface area is 194 Å². The van der Waals surface area contributed by atoms with Gasteiger partial charge in [0, 0.05) is 0 Å². The number of aliphatic hydroxyl groups excluding tert-OH is 2. The number of aliphatic hydroxyl groups is 2. The van der Waals surface area contributed by atoms with Gasteiger partial charge in [0.15, 0.2) is 5.79 Å². The number of rotatable bonds is 6. The summed E-state index contributed by atoms with van der Waals surface area (Å²) in [7, 11) is 0. The molecule has 2 fully saturated rings. The highest BCUT2D eigenvalue weighted by molar-refractivity contribution is 5.89. The first kappa shape index (κ1) is 25.4. The van der Waals surface area contributed by atoms with Gasteiger partial charge in [0.1, 0.15) is 30.5 Å². The van der Waals surface area contributed by atoms with Crippen LogP contribution in [0.15, 0.2) is 24.3 Å². The Kier molecular flexibility index (Phi) is 7.38. The van der Waals surface area contributed by atoms with Crippen molar-refractivity contribution in [2.45, 2.75) is 89.8 Å². The first-order valence-electron chi connectivity index (χ1n) is 11.2. The molecule has 184 valence electrons. The third-order valence-corrected chi connectivity index (χ3v) is 5.61. The second kappa shape index (κ2) is 9.58. The van der Waals surface area contributed by atoms with Crippen LogP contribution in [0.4, 0.5) is 4.79 Å². The number of amides is 1. The number of esters is 1. The maximum atomic E-state index is 12.8. The highest BCUT2D eigenvalue weighted by atomic mass is 16.8. The molecule has 2 heterocycles. The minimum Gasteiger partial charge on any atom is -0.459 e. The van der Waals surface area contributed by atoms with E-state index in [0.717, 1.165) is 5.56 Å². The van der Waals surface area contributed by atoms with Gasteiger partial charge in [-0.3, -0.25) is 4.90 Å². The molecule has 0 saturated carbocycles. The van der Waals surface area contributed by atoms with Crippen molar-refractivity contribution >= 4 is 12.1 Å². The van der Waals surface area contributed by atoms with Gasteiger partial charge in [0.25, 0.3) is 0 Å². The molecule has 2 aliphatic heterocycles. The summed E-state index contributed by atoms with van der Waals surface area (Å²) in [5.41, 5.74) is 0.672. The monoisotopic (exact) mass is 465 g/mol. The van der Waals surface area contributed by atoms with Crippen molar-refractivity contribution in [3.8, 4) is 0 Å². The molecule has 0 bridgehead atoms. The van der Waals surface area contributed by atoms with Gasteiger partial charge < -0.3 is 29.2 Å². The van der Waals surface area contributed by atoms with Crippen molar-refractivity contribution in [2.75, 3.05) is 13.2 Å². The smallest absolute Gasteiger partial charge is 0.410 e. The Morgan fingerprint density at radius 2 is 1.79 bits per heavy atom. The van der Waals surface area contributed by atoms with E-state index in [1.165, 1.54) is 4.90 Å². The van der Waals surface area contributed by atoms with Gasteiger partial charge in [-0.2, -0.15) is 0 Å². The number of aryl methyl sites for hydroxylation is 1. The van der Waals surface area contributed by atoms with Crippen LogP contribution in [0.3, 0.4) is 0 Å². The van der Waals surface area contributed by atoms with Gasteiger partial charge in [0.2, 0.25) is 0 Å². The minimum atomic E-state index is -1.34. The van der Waals surface area contributed by atoms with Crippen LogP contribution in [0, 0.1) is 6.92 Å². The minimum absolute atomic E-state index is 0.00307. The van der Waals surface area contributed by atoms with Crippen LogP contribution in [0.25, 0.3) is 0 Å². The fourth-order valence-electron chi connectivity index (χ4n) is 4.08. The number of nitrogens with zero attached hydrogens (tertiary/aromatic N) is 1. The van der Waals surface area contributed by atoms with E-state index >= 15 is 0 Å². The number of carbonyl (C=O) groups is 2. The molecule has 9 heteroatoms. The largest absolute Gasteiger partial charge is 0.459 e. The van der Waals surface area contributed by atoms with Crippen molar-refractivity contribution in [1.29, 1.82) is 0 Å². The Morgan fingerprint density at radius 3 is 2.39 bits per heavy atom. The van der Waals surface area contributed by atoms with Crippen molar-refractivity contribution in [3.63, 3.8) is 0 Å². The first-order valence-corrected chi connectivity index (χ1v) is 11.2. The Bertz CT molecular complexity index is 847. The number of benzene rings is 1. The highest BCUT2D eigenvalue weighted by Gasteiger charge is 2.55. The summed E-state index contributed by atoms with van der Waals surface area (Å²) in [6.45, 7) is 10.7. The molecular weight excluding hydrogens is 430 g/mol. The van der Waals surface area contributed by atoms with Gasteiger partial charge in [-0.15, -0.1) is 0 Å². The van der Waals surface area contributed by atoms with Crippen molar-refractivity contribution < 1.29 is 38.7 Å². The normalized spacial score (nSPS) is 25.9. The molecule has 5 atom stereocenters. The van der Waals surface area contributed by atoms with E-state index in [4.69, 9.17) is 18.9 Å². The summed E-state index contributed by atoms with van der Waals surface area (Å²) in [4.78, 5) is 26.5. The number of hydrogen-bond acceptors (Lipinski definition) is 8. The van der Waals surface area contributed by atoms with Crippen molar-refractivity contribution in [2.24, 2.45) is 0 Å². The van der Waals surface area contributed by atoms with Gasteiger partial charge >= 0.3 is 12.1 Å². The highest BCUT2D eigenvalue weighted by Crippen LogP contribution is 2.39. The molecule has 2 aliphatic rings. The van der Waals surface area contributed by atoms with E-state index in [2.05, 4.69) is 0 Å². The molecule has 0 unspecified atom stereocenters. The summed E-state index contributed by atoms with van der Waals surface area (Å²) < 4.78 is 22.6. The van der Waals surface area contributed by atoms with E-state index in [9.17, 15) is 19.8 Å². The maximum absolute atomic E-state index is 12.8. The van der Waals surface area contributed by atoms with Gasteiger partial charge in [-0.05, 0) is 60.1 Å². The topological polar surface area (TPSA) is 115 Å². The predicted molar refractivity (Wildman–Crippen MR) is 119 cm³/mol. The Balaban J connectivity index is 1.63. The molecule has 1 aromatic rings. The van der Waals surface area contributed by atoms with Crippen LogP contribution in [0.1, 0.15) is 57.0 Å². The van der Waals surface area contributed by atoms with E-state index in [0.29, 0.717) is 5.56 Å². The average molecular weight is 466 g/mol. The molecule has 0 aromatic heterocycles. The van der Waals surface area contributed by atoms with Crippen LogP contribution in [-0.2, 0) is 18.9 Å². The predicted octanol–water partition coefficient (Wildman–Crippen LogP) is 2.40. The Hall–Kier alpha value is -2.20. The zero-order valence-corrected chi connectivity index (χ0v) is 20.1. The molecular formula is C24H35NO8. The second-order valence-corrected chi connectivity index (χ2v) is 10.2. The number of carbonyl (C=O) groups excluding carboxylic acids is 2. The number of likely N-dealkylation sites (tertiary alicyclic amines) is 1. The lowest BCUT2D eigenvalue weighted by atomic mass is 10.0. The van der Waals surface area contributed by atoms with E-state index in [1.807, 2.05) is 6.92 Å². The quantitative estimate of drug-likeness (QED) is 0.616.